The van der Waals surface area contributed by atoms with E-state index in [-0.39, 0.29) is 17.1 Å². The molecular weight excluding hydrogens is 422 g/mol. The monoisotopic (exact) mass is 438 g/mol. The lowest BCUT2D eigenvalue weighted by molar-refractivity contribution is -0.0512. The van der Waals surface area contributed by atoms with Crippen LogP contribution in [0.4, 0.5) is 20.2 Å². The number of nitrogens with one attached hydrogen (secondary N) is 1. The molecule has 3 aromatic rings. The van der Waals surface area contributed by atoms with E-state index in [1.807, 2.05) is 0 Å². The summed E-state index contributed by atoms with van der Waals surface area (Å²) in [6, 6.07) is 16.5. The summed E-state index contributed by atoms with van der Waals surface area (Å²) >= 11 is 0. The number of halogens is 2. The highest BCUT2D eigenvalue weighted by Crippen LogP contribution is 2.31. The Bertz CT molecular complexity index is 1190. The van der Waals surface area contributed by atoms with Crippen molar-refractivity contribution >= 4 is 29.1 Å². The molecule has 4 rings (SSSR count). The van der Waals surface area contributed by atoms with E-state index < -0.39 is 24.3 Å². The number of amides is 3. The van der Waals surface area contributed by atoms with Gasteiger partial charge >= 0.3 is 6.61 Å². The predicted molar refractivity (Wildman–Crippen MR) is 112 cm³/mol. The van der Waals surface area contributed by atoms with Gasteiger partial charge in [0.15, 0.2) is 11.5 Å². The van der Waals surface area contributed by atoms with Crippen molar-refractivity contribution < 1.29 is 32.6 Å². The fraction of sp³-hybridized carbons (Fsp3) is 0.0870. The molecule has 1 N–H and O–H groups in total. The predicted octanol–water partition coefficient (Wildman–Crippen LogP) is 4.35. The third-order valence-electron chi connectivity index (χ3n) is 4.80. The minimum atomic E-state index is -3.03. The molecule has 0 saturated carbocycles. The molecule has 9 heteroatoms. The highest BCUT2D eigenvalue weighted by Gasteiger charge is 2.36. The number of hydrogen-bond acceptors (Lipinski definition) is 5. The summed E-state index contributed by atoms with van der Waals surface area (Å²) < 4.78 is 34.3. The molecule has 0 aromatic heterocycles. The van der Waals surface area contributed by atoms with E-state index in [2.05, 4.69) is 10.1 Å². The molecule has 1 heterocycles. The Morgan fingerprint density at radius 1 is 0.906 bits per heavy atom. The van der Waals surface area contributed by atoms with Crippen LogP contribution in [-0.2, 0) is 0 Å². The first kappa shape index (κ1) is 21.0. The largest absolute Gasteiger partial charge is 0.493 e. The maximum Gasteiger partial charge on any atom is 0.387 e. The average molecular weight is 438 g/mol. The van der Waals surface area contributed by atoms with Gasteiger partial charge in [0, 0.05) is 11.3 Å². The van der Waals surface area contributed by atoms with Gasteiger partial charge in [-0.05, 0) is 48.5 Å². The minimum Gasteiger partial charge on any atom is -0.493 e. The van der Waals surface area contributed by atoms with Gasteiger partial charge in [0.1, 0.15) is 0 Å². The topological polar surface area (TPSA) is 84.9 Å². The van der Waals surface area contributed by atoms with Crippen molar-refractivity contribution in [2.75, 3.05) is 17.3 Å². The Morgan fingerprint density at radius 3 is 2.22 bits per heavy atom. The van der Waals surface area contributed by atoms with Gasteiger partial charge in [-0.1, -0.05) is 18.2 Å². The molecule has 32 heavy (non-hydrogen) atoms. The van der Waals surface area contributed by atoms with Crippen LogP contribution in [0.5, 0.6) is 11.5 Å². The maximum atomic E-state index is 12.7. The summed E-state index contributed by atoms with van der Waals surface area (Å²) in [6.45, 7) is -3.03. The highest BCUT2D eigenvalue weighted by molar-refractivity contribution is 6.34. The van der Waals surface area contributed by atoms with Gasteiger partial charge in [0.25, 0.3) is 17.7 Å². The van der Waals surface area contributed by atoms with Crippen LogP contribution >= 0.6 is 0 Å². The molecule has 0 fully saturated rings. The number of carbonyl (C=O) groups is 3. The van der Waals surface area contributed by atoms with E-state index in [4.69, 9.17) is 4.74 Å². The molecule has 0 saturated heterocycles. The number of rotatable bonds is 6. The van der Waals surface area contributed by atoms with Gasteiger partial charge < -0.3 is 14.8 Å². The second-order valence-corrected chi connectivity index (χ2v) is 6.74. The van der Waals surface area contributed by atoms with Crippen molar-refractivity contribution in [2.45, 2.75) is 6.61 Å². The fourth-order valence-corrected chi connectivity index (χ4v) is 3.35. The van der Waals surface area contributed by atoms with Gasteiger partial charge in [-0.25, -0.2) is 4.90 Å². The summed E-state index contributed by atoms with van der Waals surface area (Å²) in [5, 5.41) is 2.65. The maximum absolute atomic E-state index is 12.7. The third kappa shape index (κ3) is 3.87. The Morgan fingerprint density at radius 2 is 1.59 bits per heavy atom. The van der Waals surface area contributed by atoms with Crippen LogP contribution in [-0.4, -0.2) is 31.4 Å². The van der Waals surface area contributed by atoms with E-state index in [9.17, 15) is 23.2 Å². The third-order valence-corrected chi connectivity index (χ3v) is 4.80. The zero-order valence-corrected chi connectivity index (χ0v) is 16.7. The van der Waals surface area contributed by atoms with Crippen LogP contribution < -0.4 is 19.7 Å². The van der Waals surface area contributed by atoms with Gasteiger partial charge in [-0.15, -0.1) is 0 Å². The number of carbonyl (C=O) groups excluding carboxylic acids is 3. The Labute approximate surface area is 181 Å². The van der Waals surface area contributed by atoms with Crippen LogP contribution in [0.3, 0.4) is 0 Å². The Kier molecular flexibility index (Phi) is 5.55. The molecular formula is C23H16F2N2O5. The molecule has 0 unspecified atom stereocenters. The number of fused-ring (bicyclic) bond motifs is 1. The first-order valence-electron chi connectivity index (χ1n) is 9.41. The van der Waals surface area contributed by atoms with Gasteiger partial charge in [0.05, 0.1) is 23.9 Å². The lowest BCUT2D eigenvalue weighted by Gasteiger charge is -2.15. The molecule has 1 aliphatic rings. The number of alkyl halides is 2. The fourth-order valence-electron chi connectivity index (χ4n) is 3.35. The van der Waals surface area contributed by atoms with Crippen molar-refractivity contribution in [3.8, 4) is 11.5 Å². The molecule has 3 aromatic carbocycles. The average Bonchev–Trinajstić information content (AvgIpc) is 3.04. The molecule has 0 bridgehead atoms. The number of hydrogen-bond donors (Lipinski definition) is 1. The molecule has 7 nitrogen and oxygen atoms in total. The second-order valence-electron chi connectivity index (χ2n) is 6.74. The van der Waals surface area contributed by atoms with Gasteiger partial charge in [-0.3, -0.25) is 14.4 Å². The highest BCUT2D eigenvalue weighted by atomic mass is 19.3. The van der Waals surface area contributed by atoms with Crippen molar-refractivity contribution in [1.29, 1.82) is 0 Å². The van der Waals surface area contributed by atoms with Crippen molar-refractivity contribution in [3.63, 3.8) is 0 Å². The van der Waals surface area contributed by atoms with Crippen LogP contribution in [0.25, 0.3) is 0 Å². The number of methoxy groups -OCH3 is 1. The first-order valence-corrected chi connectivity index (χ1v) is 9.41. The van der Waals surface area contributed by atoms with Crippen molar-refractivity contribution in [3.05, 3.63) is 83.4 Å². The number of ether oxygens (including phenoxy) is 2. The van der Waals surface area contributed by atoms with Crippen molar-refractivity contribution in [2.24, 2.45) is 0 Å². The molecule has 1 aliphatic heterocycles. The zero-order valence-electron chi connectivity index (χ0n) is 16.7. The molecule has 0 radical (unpaired) electrons. The van der Waals surface area contributed by atoms with Gasteiger partial charge in [0.2, 0.25) is 0 Å². The summed E-state index contributed by atoms with van der Waals surface area (Å²) in [7, 11) is 1.26. The zero-order chi connectivity index (χ0) is 22.8. The minimum absolute atomic E-state index is 0.0299. The number of benzene rings is 3. The van der Waals surface area contributed by atoms with E-state index in [1.165, 1.54) is 31.4 Å². The summed E-state index contributed by atoms with van der Waals surface area (Å²) in [5.41, 5.74) is 1.38. The Balaban J connectivity index is 1.56. The molecule has 0 aliphatic carbocycles. The van der Waals surface area contributed by atoms with E-state index in [0.717, 1.165) is 4.90 Å². The quantitative estimate of drug-likeness (QED) is 0.579. The summed E-state index contributed by atoms with van der Waals surface area (Å²) in [5.74, 6) is -1.68. The van der Waals surface area contributed by atoms with Crippen LogP contribution in [0, 0.1) is 0 Å². The molecule has 162 valence electrons. The van der Waals surface area contributed by atoms with Gasteiger partial charge in [-0.2, -0.15) is 8.78 Å². The number of imide groups is 1. The smallest absolute Gasteiger partial charge is 0.387 e. The SMILES string of the molecule is COc1cc(C(=O)Nc2cccc(N3C(=O)c4ccccc4C3=O)c2)ccc1OC(F)F. The van der Waals surface area contributed by atoms with E-state index in [1.54, 1.807) is 42.5 Å². The number of anilines is 2. The van der Waals surface area contributed by atoms with E-state index >= 15 is 0 Å². The standard InChI is InChI=1S/C23H16F2N2O5/c1-31-19-11-13(9-10-18(19)32-23(24)25)20(28)26-14-5-4-6-15(12-14)27-21(29)16-7-2-3-8-17(16)22(27)30/h2-12,23H,1H3,(H,26,28). The molecule has 3 amide bonds. The van der Waals surface area contributed by atoms with Crippen LogP contribution in [0.15, 0.2) is 66.7 Å². The van der Waals surface area contributed by atoms with Crippen LogP contribution in [0.2, 0.25) is 0 Å². The summed E-state index contributed by atoms with van der Waals surface area (Å²) in [6.07, 6.45) is 0. The Hall–Kier alpha value is -4.27. The molecule has 0 spiro atoms. The van der Waals surface area contributed by atoms with Crippen molar-refractivity contribution in [1.82, 2.24) is 0 Å². The second kappa shape index (κ2) is 8.46. The van der Waals surface area contributed by atoms with E-state index in [0.29, 0.717) is 22.5 Å². The lowest BCUT2D eigenvalue weighted by atomic mass is 10.1. The molecule has 0 atom stereocenters. The summed E-state index contributed by atoms with van der Waals surface area (Å²) in [4.78, 5) is 39.1. The normalized spacial score (nSPS) is 12.7. The number of nitrogens with zero attached hydrogens (tertiary/aromatic N) is 1. The lowest BCUT2D eigenvalue weighted by Crippen LogP contribution is -2.29. The first-order chi connectivity index (χ1) is 15.4. The van der Waals surface area contributed by atoms with Crippen LogP contribution in [0.1, 0.15) is 31.1 Å².